The van der Waals surface area contributed by atoms with Crippen molar-refractivity contribution in [3.8, 4) is 33.6 Å². The Hall–Kier alpha value is -7.07. The summed E-state index contributed by atoms with van der Waals surface area (Å²) in [5, 5.41) is 8.18. The van der Waals surface area contributed by atoms with Gasteiger partial charge >= 0.3 is 0 Å². The van der Waals surface area contributed by atoms with E-state index in [1.807, 2.05) is 0 Å². The number of hydrogen-bond acceptors (Lipinski definition) is 1. The highest BCUT2D eigenvalue weighted by Gasteiger charge is 2.29. The molecule has 4 heteroatoms. The topological polar surface area (TPSA) is 13.1 Å². The number of aromatic nitrogens is 2. The smallest absolute Gasteiger partial charge is 0.0888 e. The highest BCUT2D eigenvalue weighted by atomic mass is 35.5. The largest absolute Gasteiger partial charge is 0.309 e. The Labute approximate surface area is 430 Å². The summed E-state index contributed by atoms with van der Waals surface area (Å²) in [5.74, 6) is 0. The van der Waals surface area contributed by atoms with Crippen molar-refractivity contribution in [3.05, 3.63) is 197 Å². The highest BCUT2D eigenvalue weighted by molar-refractivity contribution is 6.36. The average molecular weight is 959 g/mol. The number of fused-ring (bicyclic) bond motifs is 6. The van der Waals surface area contributed by atoms with E-state index in [1.165, 1.54) is 76.8 Å². The molecule has 0 bridgehead atoms. The van der Waals surface area contributed by atoms with Crippen LogP contribution in [0.2, 0.25) is 5.02 Å². The fraction of sp³-hybridized carbons (Fsp3) is 0.235. The van der Waals surface area contributed by atoms with E-state index in [4.69, 9.17) is 11.6 Å². The lowest BCUT2D eigenvalue weighted by Crippen LogP contribution is -2.15. The van der Waals surface area contributed by atoms with Crippen molar-refractivity contribution in [3.63, 3.8) is 0 Å². The summed E-state index contributed by atoms with van der Waals surface area (Å²) in [6.45, 7) is 27.5. The van der Waals surface area contributed by atoms with Crippen molar-refractivity contribution in [1.82, 2.24) is 9.13 Å². The summed E-state index contributed by atoms with van der Waals surface area (Å²) in [4.78, 5) is 2.38. The van der Waals surface area contributed by atoms with Gasteiger partial charge in [-0.05, 0) is 150 Å². The maximum absolute atomic E-state index is 8.30. The first-order chi connectivity index (χ1) is 34.2. The number of halogens is 1. The predicted molar refractivity (Wildman–Crippen MR) is 312 cm³/mol. The van der Waals surface area contributed by atoms with Gasteiger partial charge in [-0.15, -0.1) is 0 Å². The van der Waals surface area contributed by atoms with Crippen molar-refractivity contribution in [2.45, 2.75) is 105 Å². The fourth-order valence-corrected chi connectivity index (χ4v) is 11.8. The van der Waals surface area contributed by atoms with Crippen LogP contribution < -0.4 is 4.90 Å². The van der Waals surface area contributed by atoms with E-state index in [2.05, 4.69) is 267 Å². The Balaban J connectivity index is 1.24. The van der Waals surface area contributed by atoms with Crippen LogP contribution in [-0.2, 0) is 21.7 Å². The monoisotopic (exact) mass is 957 g/mol. The third-order valence-corrected chi connectivity index (χ3v) is 15.9. The number of nitrogens with zero attached hydrogens (tertiary/aromatic N) is 3. The Bertz CT molecular complexity index is 3870. The third kappa shape index (κ3) is 7.21. The van der Waals surface area contributed by atoms with Crippen molar-refractivity contribution in [2.75, 3.05) is 4.90 Å². The van der Waals surface area contributed by atoms with Gasteiger partial charge in [-0.25, -0.2) is 0 Å². The maximum Gasteiger partial charge on any atom is 0.0888 e. The van der Waals surface area contributed by atoms with Crippen LogP contribution in [0.5, 0.6) is 0 Å². The standard InChI is InChI=1S/C68H64ClN3/c1-65(2,3)42-24-30-46(31-25-42)70(47-32-26-43(27-33-47)66(4,5)6)59-39-48(40-60(64(59)69)72-55-35-28-44(67(7,8)9)37-53(55)54-38-45(68(10,11)12)29-36-56(54)72)71-57-22-16-21-52-50-19-14-13-18-49(50)51-20-15-17-41-23-34-58(71)63(61(41)51)62(52)57/h13-40H,1-12H3. The van der Waals surface area contributed by atoms with Gasteiger partial charge in [0.1, 0.15) is 0 Å². The number of anilines is 3. The molecule has 72 heavy (non-hydrogen) atoms. The molecule has 0 atom stereocenters. The zero-order valence-corrected chi connectivity index (χ0v) is 44.6. The van der Waals surface area contributed by atoms with Gasteiger partial charge in [0, 0.05) is 32.9 Å². The normalized spacial score (nSPS) is 13.1. The van der Waals surface area contributed by atoms with Gasteiger partial charge in [-0.1, -0.05) is 192 Å². The van der Waals surface area contributed by atoms with E-state index >= 15 is 0 Å². The van der Waals surface area contributed by atoms with Crippen molar-refractivity contribution in [2.24, 2.45) is 0 Å². The summed E-state index contributed by atoms with van der Waals surface area (Å²) in [6, 6.07) is 64.3. The number of hydrogen-bond donors (Lipinski definition) is 0. The highest BCUT2D eigenvalue weighted by Crippen LogP contribution is 2.52. The van der Waals surface area contributed by atoms with Crippen LogP contribution in [0.3, 0.4) is 0 Å². The second kappa shape index (κ2) is 16.0. The van der Waals surface area contributed by atoms with E-state index in [9.17, 15) is 0 Å². The van der Waals surface area contributed by atoms with Crippen molar-refractivity contribution < 1.29 is 0 Å². The minimum absolute atomic E-state index is 0.0127. The molecule has 0 spiro atoms. The maximum atomic E-state index is 8.30. The molecule has 1 aliphatic rings. The molecule has 2 aromatic heterocycles. The van der Waals surface area contributed by atoms with E-state index in [-0.39, 0.29) is 21.7 Å². The molecule has 1 aliphatic carbocycles. The Kier molecular flexibility index (Phi) is 10.2. The van der Waals surface area contributed by atoms with Crippen LogP contribution in [0.25, 0.3) is 88.0 Å². The lowest BCUT2D eigenvalue weighted by atomic mass is 9.85. The van der Waals surface area contributed by atoms with Gasteiger partial charge in [0.15, 0.2) is 0 Å². The Morgan fingerprint density at radius 3 is 1.32 bits per heavy atom. The molecule has 0 N–H and O–H groups in total. The van der Waals surface area contributed by atoms with Crippen LogP contribution in [0.15, 0.2) is 170 Å². The van der Waals surface area contributed by atoms with E-state index in [0.717, 1.165) is 50.5 Å². The summed E-state index contributed by atoms with van der Waals surface area (Å²) in [5.41, 5.74) is 19.6. The molecule has 2 heterocycles. The molecule has 9 aromatic carbocycles. The fourth-order valence-electron chi connectivity index (χ4n) is 11.5. The van der Waals surface area contributed by atoms with E-state index in [0.29, 0.717) is 5.02 Å². The zero-order valence-electron chi connectivity index (χ0n) is 43.9. The summed E-state index contributed by atoms with van der Waals surface area (Å²) in [7, 11) is 0. The molecule has 358 valence electrons. The van der Waals surface area contributed by atoms with Crippen LogP contribution in [0, 0.1) is 0 Å². The Morgan fingerprint density at radius 2 is 0.806 bits per heavy atom. The molecule has 0 aliphatic heterocycles. The molecule has 3 nitrogen and oxygen atoms in total. The van der Waals surface area contributed by atoms with Gasteiger partial charge in [0.05, 0.1) is 44.2 Å². The molecule has 12 rings (SSSR count). The van der Waals surface area contributed by atoms with Crippen molar-refractivity contribution >= 4 is 83.0 Å². The lowest BCUT2D eigenvalue weighted by Gasteiger charge is -2.30. The molecule has 0 fully saturated rings. The van der Waals surface area contributed by atoms with Gasteiger partial charge < -0.3 is 14.0 Å². The molecule has 0 amide bonds. The van der Waals surface area contributed by atoms with E-state index < -0.39 is 0 Å². The van der Waals surface area contributed by atoms with Gasteiger partial charge in [0.2, 0.25) is 0 Å². The summed E-state index contributed by atoms with van der Waals surface area (Å²) >= 11 is 8.30. The zero-order chi connectivity index (χ0) is 50.4. The molecule has 0 saturated heterocycles. The quantitative estimate of drug-likeness (QED) is 0.168. The van der Waals surface area contributed by atoms with Gasteiger partial charge in [-0.2, -0.15) is 0 Å². The van der Waals surface area contributed by atoms with Crippen LogP contribution in [-0.4, -0.2) is 9.13 Å². The van der Waals surface area contributed by atoms with Crippen LogP contribution in [0.1, 0.15) is 105 Å². The van der Waals surface area contributed by atoms with Crippen LogP contribution in [0.4, 0.5) is 17.1 Å². The SMILES string of the molecule is CC(C)(C)c1ccc(N(c2ccc(C(C)(C)C)cc2)c2cc(-n3c4cccc5c4c4c6c(cccc6ccc43)-c3ccccc3-5)cc(-n3c4ccc(C(C)(C)C)cc4c4cc(C(C)(C)C)ccc43)c2Cl)cc1. The van der Waals surface area contributed by atoms with Crippen LogP contribution >= 0.6 is 11.6 Å². The average Bonchev–Trinajstić information content (AvgIpc) is 3.82. The molecule has 11 aromatic rings. The summed E-state index contributed by atoms with van der Waals surface area (Å²) < 4.78 is 4.95. The molecular weight excluding hydrogens is 894 g/mol. The molecular formula is C68H64ClN3. The number of rotatable bonds is 5. The number of benzene rings is 9. The second-order valence-electron chi connectivity index (χ2n) is 24.5. The van der Waals surface area contributed by atoms with E-state index in [1.54, 1.807) is 0 Å². The first kappa shape index (κ1) is 46.0. The molecule has 0 radical (unpaired) electrons. The van der Waals surface area contributed by atoms with Crippen molar-refractivity contribution in [1.29, 1.82) is 0 Å². The van der Waals surface area contributed by atoms with Gasteiger partial charge in [0.25, 0.3) is 0 Å². The molecule has 0 saturated carbocycles. The minimum atomic E-state index is -0.0386. The second-order valence-corrected chi connectivity index (χ2v) is 24.8. The predicted octanol–water partition coefficient (Wildman–Crippen LogP) is 20.0. The summed E-state index contributed by atoms with van der Waals surface area (Å²) in [6.07, 6.45) is 0. The lowest BCUT2D eigenvalue weighted by molar-refractivity contribution is 0.590. The first-order valence-corrected chi connectivity index (χ1v) is 26.1. The third-order valence-electron chi connectivity index (χ3n) is 15.5. The minimum Gasteiger partial charge on any atom is -0.309 e. The first-order valence-electron chi connectivity index (χ1n) is 25.7. The Morgan fingerprint density at radius 1 is 0.361 bits per heavy atom. The molecule has 0 unspecified atom stereocenters. The van der Waals surface area contributed by atoms with Gasteiger partial charge in [-0.3, -0.25) is 0 Å².